The van der Waals surface area contributed by atoms with Crippen LogP contribution in [0.4, 0.5) is 5.69 Å². The van der Waals surface area contributed by atoms with Crippen molar-refractivity contribution < 1.29 is 14.7 Å². The van der Waals surface area contributed by atoms with E-state index in [-0.39, 0.29) is 18.4 Å². The second kappa shape index (κ2) is 9.53. The van der Waals surface area contributed by atoms with E-state index in [0.717, 1.165) is 18.4 Å². The number of anilines is 1. The number of hydrogen-bond acceptors (Lipinski definition) is 3. The maximum absolute atomic E-state index is 12.1. The molecule has 0 aliphatic heterocycles. The first kappa shape index (κ1) is 19.5. The molecule has 1 aromatic carbocycles. The van der Waals surface area contributed by atoms with Crippen LogP contribution >= 0.6 is 11.6 Å². The first-order valence-corrected chi connectivity index (χ1v) is 8.26. The second-order valence-corrected chi connectivity index (χ2v) is 6.24. The molecule has 0 aliphatic rings. The van der Waals surface area contributed by atoms with Crippen LogP contribution in [0.25, 0.3) is 0 Å². The van der Waals surface area contributed by atoms with Crippen molar-refractivity contribution in [1.29, 1.82) is 0 Å². The molecule has 1 amide bonds. The number of nitrogens with one attached hydrogen (secondary N) is 2. The van der Waals surface area contributed by atoms with Gasteiger partial charge in [-0.25, -0.2) is 0 Å². The smallest absolute Gasteiger partial charge is 0.320 e. The van der Waals surface area contributed by atoms with Crippen LogP contribution in [-0.4, -0.2) is 29.1 Å². The van der Waals surface area contributed by atoms with E-state index in [1.165, 1.54) is 0 Å². The van der Waals surface area contributed by atoms with Gasteiger partial charge >= 0.3 is 5.97 Å². The molecule has 128 valence electrons. The number of rotatable bonds is 9. The molecule has 3 N–H and O–H groups in total. The molecule has 0 fully saturated rings. The fourth-order valence-corrected chi connectivity index (χ4v) is 2.57. The standard InChI is InChI=1S/C17H25ClN2O3/c1-4-5-6-15(17(22)23)19-12(3)10-16(21)20-14-8-7-11(2)9-13(14)18/h7-9,12,15,19H,4-6,10H2,1-3H3,(H,20,21)(H,22,23)/t12?,15-/m0/s1. The number of aliphatic carboxylic acids is 1. The molecule has 0 bridgehead atoms. The number of carboxylic acid groups (broad SMARTS) is 1. The molecule has 0 heterocycles. The molecule has 1 aromatic rings. The van der Waals surface area contributed by atoms with Crippen LogP contribution in [-0.2, 0) is 9.59 Å². The van der Waals surface area contributed by atoms with Crippen LogP contribution in [0.1, 0.15) is 45.1 Å². The van der Waals surface area contributed by atoms with E-state index in [0.29, 0.717) is 17.1 Å². The van der Waals surface area contributed by atoms with Gasteiger partial charge in [0, 0.05) is 12.5 Å². The molecule has 0 aromatic heterocycles. The van der Waals surface area contributed by atoms with E-state index in [1.807, 2.05) is 19.9 Å². The third kappa shape index (κ3) is 7.01. The fourth-order valence-electron chi connectivity index (χ4n) is 2.29. The Hall–Kier alpha value is -1.59. The average molecular weight is 341 g/mol. The Balaban J connectivity index is 2.53. The number of hydrogen-bond donors (Lipinski definition) is 3. The van der Waals surface area contributed by atoms with Crippen LogP contribution < -0.4 is 10.6 Å². The first-order valence-electron chi connectivity index (χ1n) is 7.88. The van der Waals surface area contributed by atoms with Gasteiger partial charge in [0.1, 0.15) is 6.04 Å². The van der Waals surface area contributed by atoms with Crippen molar-refractivity contribution in [3.63, 3.8) is 0 Å². The van der Waals surface area contributed by atoms with E-state index in [9.17, 15) is 14.7 Å². The number of halogens is 1. The SMILES string of the molecule is CCCC[C@H](NC(C)CC(=O)Nc1ccc(C)cc1Cl)C(=O)O. The van der Waals surface area contributed by atoms with E-state index in [2.05, 4.69) is 10.6 Å². The van der Waals surface area contributed by atoms with Gasteiger partial charge in [0.15, 0.2) is 0 Å². The average Bonchev–Trinajstić information content (AvgIpc) is 2.46. The molecule has 0 radical (unpaired) electrons. The summed E-state index contributed by atoms with van der Waals surface area (Å²) in [6.45, 7) is 5.74. The summed E-state index contributed by atoms with van der Waals surface area (Å²) in [6.07, 6.45) is 2.51. The number of carbonyl (C=O) groups is 2. The summed E-state index contributed by atoms with van der Waals surface area (Å²) in [4.78, 5) is 23.3. The minimum atomic E-state index is -0.882. The van der Waals surface area contributed by atoms with Crippen LogP contribution in [0.2, 0.25) is 5.02 Å². The van der Waals surface area contributed by atoms with Gasteiger partial charge in [-0.2, -0.15) is 0 Å². The maximum Gasteiger partial charge on any atom is 0.320 e. The van der Waals surface area contributed by atoms with Crippen molar-refractivity contribution in [2.24, 2.45) is 0 Å². The van der Waals surface area contributed by atoms with Gasteiger partial charge < -0.3 is 15.7 Å². The number of unbranched alkanes of at least 4 members (excludes halogenated alkanes) is 1. The van der Waals surface area contributed by atoms with Crippen molar-refractivity contribution in [1.82, 2.24) is 5.32 Å². The number of carbonyl (C=O) groups excluding carboxylic acids is 1. The summed E-state index contributed by atoms with van der Waals surface area (Å²) in [7, 11) is 0. The molecule has 6 heteroatoms. The van der Waals surface area contributed by atoms with Gasteiger partial charge in [0.05, 0.1) is 10.7 Å². The highest BCUT2D eigenvalue weighted by molar-refractivity contribution is 6.33. The van der Waals surface area contributed by atoms with Gasteiger partial charge in [-0.3, -0.25) is 9.59 Å². The molecule has 0 saturated carbocycles. The minimum absolute atomic E-state index is 0.181. The Morgan fingerprint density at radius 2 is 2.04 bits per heavy atom. The number of benzene rings is 1. The van der Waals surface area contributed by atoms with Crippen molar-refractivity contribution in [3.8, 4) is 0 Å². The predicted octanol–water partition coefficient (Wildman–Crippen LogP) is 3.60. The van der Waals surface area contributed by atoms with Crippen molar-refractivity contribution in [2.45, 2.75) is 58.5 Å². The van der Waals surface area contributed by atoms with E-state index < -0.39 is 12.0 Å². The fraction of sp³-hybridized carbons (Fsp3) is 0.529. The summed E-state index contributed by atoms with van der Waals surface area (Å²) in [6, 6.07) is 4.55. The van der Waals surface area contributed by atoms with Gasteiger partial charge in [0.2, 0.25) is 5.91 Å². The van der Waals surface area contributed by atoms with Crippen LogP contribution in [0.5, 0.6) is 0 Å². The van der Waals surface area contributed by atoms with E-state index >= 15 is 0 Å². The summed E-state index contributed by atoms with van der Waals surface area (Å²) < 4.78 is 0. The third-order valence-corrected chi connectivity index (χ3v) is 3.83. The van der Waals surface area contributed by atoms with Gasteiger partial charge in [-0.15, -0.1) is 0 Å². The predicted molar refractivity (Wildman–Crippen MR) is 93.0 cm³/mol. The summed E-state index contributed by atoms with van der Waals surface area (Å²) in [5.74, 6) is -1.08. The quantitative estimate of drug-likeness (QED) is 0.641. The highest BCUT2D eigenvalue weighted by Crippen LogP contribution is 2.22. The second-order valence-electron chi connectivity index (χ2n) is 5.84. The monoisotopic (exact) mass is 340 g/mol. The number of aryl methyl sites for hydroxylation is 1. The Bertz CT molecular complexity index is 549. The molecule has 0 spiro atoms. The molecule has 1 rings (SSSR count). The van der Waals surface area contributed by atoms with E-state index in [4.69, 9.17) is 11.6 Å². The zero-order valence-corrected chi connectivity index (χ0v) is 14.6. The normalized spacial score (nSPS) is 13.4. The van der Waals surface area contributed by atoms with Gasteiger partial charge in [-0.05, 0) is 38.0 Å². The molecular weight excluding hydrogens is 316 g/mol. The number of carboxylic acids is 1. The molecular formula is C17H25ClN2O3. The minimum Gasteiger partial charge on any atom is -0.480 e. The summed E-state index contributed by atoms with van der Waals surface area (Å²) >= 11 is 6.09. The third-order valence-electron chi connectivity index (χ3n) is 3.52. The van der Waals surface area contributed by atoms with Gasteiger partial charge in [-0.1, -0.05) is 37.4 Å². The summed E-state index contributed by atoms with van der Waals surface area (Å²) in [5.41, 5.74) is 1.58. The zero-order valence-electron chi connectivity index (χ0n) is 13.9. The molecule has 23 heavy (non-hydrogen) atoms. The van der Waals surface area contributed by atoms with Crippen LogP contribution in [0.15, 0.2) is 18.2 Å². The topological polar surface area (TPSA) is 78.4 Å². The first-order chi connectivity index (χ1) is 10.8. The zero-order chi connectivity index (χ0) is 17.4. The molecule has 5 nitrogen and oxygen atoms in total. The Morgan fingerprint density at radius 1 is 1.35 bits per heavy atom. The molecule has 0 aliphatic carbocycles. The summed E-state index contributed by atoms with van der Waals surface area (Å²) in [5, 5.41) is 15.4. The lowest BCUT2D eigenvalue weighted by atomic mass is 10.1. The Labute approximate surface area is 142 Å². The lowest BCUT2D eigenvalue weighted by Crippen LogP contribution is -2.43. The molecule has 0 saturated heterocycles. The lowest BCUT2D eigenvalue weighted by Gasteiger charge is -2.20. The van der Waals surface area contributed by atoms with Crippen molar-refractivity contribution in [2.75, 3.05) is 5.32 Å². The van der Waals surface area contributed by atoms with Crippen LogP contribution in [0, 0.1) is 6.92 Å². The van der Waals surface area contributed by atoms with Crippen molar-refractivity contribution in [3.05, 3.63) is 28.8 Å². The van der Waals surface area contributed by atoms with Crippen LogP contribution in [0.3, 0.4) is 0 Å². The lowest BCUT2D eigenvalue weighted by molar-refractivity contribution is -0.140. The maximum atomic E-state index is 12.1. The van der Waals surface area contributed by atoms with Crippen molar-refractivity contribution >= 4 is 29.2 Å². The molecule has 1 unspecified atom stereocenters. The molecule has 2 atom stereocenters. The Morgan fingerprint density at radius 3 is 2.61 bits per heavy atom. The highest BCUT2D eigenvalue weighted by atomic mass is 35.5. The van der Waals surface area contributed by atoms with E-state index in [1.54, 1.807) is 19.1 Å². The largest absolute Gasteiger partial charge is 0.480 e. The van der Waals surface area contributed by atoms with Gasteiger partial charge in [0.25, 0.3) is 0 Å². The Kier molecular flexibility index (Phi) is 8.06. The highest BCUT2D eigenvalue weighted by Gasteiger charge is 2.20. The number of amides is 1.